The lowest BCUT2D eigenvalue weighted by molar-refractivity contribution is -0.137. The van der Waals surface area contributed by atoms with Crippen LogP contribution in [-0.4, -0.2) is 53.9 Å². The molecule has 2 aromatic rings. The van der Waals surface area contributed by atoms with Gasteiger partial charge in [-0.15, -0.1) is 11.3 Å². The summed E-state index contributed by atoms with van der Waals surface area (Å²) >= 11 is 2.80. The van der Waals surface area contributed by atoms with Crippen molar-refractivity contribution in [3.63, 3.8) is 0 Å². The van der Waals surface area contributed by atoms with Gasteiger partial charge in [-0.25, -0.2) is 9.78 Å². The van der Waals surface area contributed by atoms with Crippen molar-refractivity contribution in [3.05, 3.63) is 27.4 Å². The number of thiophene rings is 1. The fourth-order valence-corrected chi connectivity index (χ4v) is 3.87. The third-order valence-corrected chi connectivity index (χ3v) is 5.70. The van der Waals surface area contributed by atoms with Gasteiger partial charge in [-0.3, -0.25) is 9.59 Å². The first-order valence-electron chi connectivity index (χ1n) is 8.14. The van der Waals surface area contributed by atoms with Crippen LogP contribution in [0.25, 0.3) is 10.6 Å². The van der Waals surface area contributed by atoms with Gasteiger partial charge in [-0.2, -0.15) is 11.3 Å². The number of hydrogen-bond acceptors (Lipinski definition) is 7. The number of hydrogen-bond donors (Lipinski definition) is 1. The molecule has 1 aliphatic rings. The van der Waals surface area contributed by atoms with E-state index in [1.807, 2.05) is 16.8 Å². The van der Waals surface area contributed by atoms with Crippen LogP contribution in [0.5, 0.6) is 0 Å². The molecule has 1 aliphatic carbocycles. The summed E-state index contributed by atoms with van der Waals surface area (Å²) in [7, 11) is 1.51. The van der Waals surface area contributed by atoms with Gasteiger partial charge in [0.15, 0.2) is 6.61 Å². The summed E-state index contributed by atoms with van der Waals surface area (Å²) in [6, 6.07) is 2.18. The lowest BCUT2D eigenvalue weighted by Crippen LogP contribution is -2.40. The number of nitrogens with zero attached hydrogens (tertiary/aromatic N) is 2. The van der Waals surface area contributed by atoms with Crippen molar-refractivity contribution in [1.29, 1.82) is 0 Å². The van der Waals surface area contributed by atoms with E-state index >= 15 is 0 Å². The van der Waals surface area contributed by atoms with Gasteiger partial charge in [-0.1, -0.05) is 0 Å². The molecule has 0 radical (unpaired) electrons. The molecule has 0 aromatic carbocycles. The van der Waals surface area contributed by atoms with Crippen molar-refractivity contribution < 1.29 is 19.1 Å². The molecule has 1 saturated carbocycles. The summed E-state index contributed by atoms with van der Waals surface area (Å²) < 4.78 is 5.11. The van der Waals surface area contributed by atoms with E-state index in [1.54, 1.807) is 18.3 Å². The van der Waals surface area contributed by atoms with E-state index in [1.165, 1.54) is 23.3 Å². The SMILES string of the molecule is Cc1nc(-c2ccsc2)sc1C(=O)OCC(=O)N(C)CC(=O)NC1CC1. The van der Waals surface area contributed by atoms with Gasteiger partial charge in [0.05, 0.1) is 12.2 Å². The van der Waals surface area contributed by atoms with E-state index in [2.05, 4.69) is 10.3 Å². The summed E-state index contributed by atoms with van der Waals surface area (Å²) in [6.45, 7) is 1.28. The molecule has 1 N–H and O–H groups in total. The number of esters is 1. The van der Waals surface area contributed by atoms with Gasteiger partial charge in [-0.05, 0) is 31.2 Å². The second-order valence-electron chi connectivity index (χ2n) is 6.11. The molecular formula is C17H19N3O4S2. The minimum atomic E-state index is -0.578. The van der Waals surface area contributed by atoms with E-state index in [9.17, 15) is 14.4 Å². The summed E-state index contributed by atoms with van der Waals surface area (Å²) in [4.78, 5) is 42.0. The largest absolute Gasteiger partial charge is 0.451 e. The number of nitrogens with one attached hydrogen (secondary N) is 1. The predicted molar refractivity (Wildman–Crippen MR) is 99.2 cm³/mol. The van der Waals surface area contributed by atoms with Crippen LogP contribution < -0.4 is 5.32 Å². The normalized spacial score (nSPS) is 13.3. The Labute approximate surface area is 159 Å². The minimum absolute atomic E-state index is 0.0469. The zero-order valence-electron chi connectivity index (χ0n) is 14.5. The Bertz CT molecular complexity index is 812. The van der Waals surface area contributed by atoms with Crippen LogP contribution in [0.1, 0.15) is 28.2 Å². The van der Waals surface area contributed by atoms with Crippen LogP contribution in [0.2, 0.25) is 0 Å². The average Bonchev–Trinajstić information content (AvgIpc) is 3.10. The molecule has 0 atom stereocenters. The molecule has 0 spiro atoms. The topological polar surface area (TPSA) is 88.6 Å². The van der Waals surface area contributed by atoms with Gasteiger partial charge in [0.1, 0.15) is 9.88 Å². The highest BCUT2D eigenvalue weighted by atomic mass is 32.1. The number of likely N-dealkylation sites (N-methyl/N-ethyl adjacent to an activating group) is 1. The van der Waals surface area contributed by atoms with Crippen LogP contribution in [0.3, 0.4) is 0 Å². The zero-order valence-corrected chi connectivity index (χ0v) is 16.1. The predicted octanol–water partition coefficient (Wildman–Crippen LogP) is 2.07. The quantitative estimate of drug-likeness (QED) is 0.728. The lowest BCUT2D eigenvalue weighted by Gasteiger charge is -2.16. The number of rotatable bonds is 7. The molecule has 2 heterocycles. The standard InChI is InChI=1S/C17H19N3O4S2/c1-10-15(26-16(18-10)11-5-6-25-9-11)17(23)24-8-14(22)20(2)7-13(21)19-12-3-4-12/h5-6,9,12H,3-4,7-8H2,1-2H3,(H,19,21). The number of aryl methyl sites for hydroxylation is 1. The highest BCUT2D eigenvalue weighted by molar-refractivity contribution is 7.17. The zero-order chi connectivity index (χ0) is 18.7. The van der Waals surface area contributed by atoms with Crippen molar-refractivity contribution in [3.8, 4) is 10.6 Å². The van der Waals surface area contributed by atoms with Crippen molar-refractivity contribution >= 4 is 40.5 Å². The second kappa shape index (κ2) is 7.96. The maximum absolute atomic E-state index is 12.3. The molecule has 2 amide bonds. The highest BCUT2D eigenvalue weighted by Crippen LogP contribution is 2.29. The maximum atomic E-state index is 12.3. The third kappa shape index (κ3) is 4.67. The van der Waals surface area contributed by atoms with E-state index in [-0.39, 0.29) is 18.5 Å². The number of amides is 2. The van der Waals surface area contributed by atoms with Crippen LogP contribution in [0, 0.1) is 6.92 Å². The molecule has 0 bridgehead atoms. The molecule has 138 valence electrons. The molecule has 26 heavy (non-hydrogen) atoms. The van der Waals surface area contributed by atoms with Gasteiger partial charge in [0.2, 0.25) is 5.91 Å². The Morgan fingerprint density at radius 2 is 2.15 bits per heavy atom. The summed E-state index contributed by atoms with van der Waals surface area (Å²) in [5.41, 5.74) is 1.53. The van der Waals surface area contributed by atoms with Gasteiger partial charge < -0.3 is 15.0 Å². The highest BCUT2D eigenvalue weighted by Gasteiger charge is 2.25. The molecular weight excluding hydrogens is 374 g/mol. The smallest absolute Gasteiger partial charge is 0.350 e. The van der Waals surface area contributed by atoms with Crippen LogP contribution >= 0.6 is 22.7 Å². The molecule has 7 nitrogen and oxygen atoms in total. The minimum Gasteiger partial charge on any atom is -0.451 e. The Kier molecular flexibility index (Phi) is 5.67. The van der Waals surface area contributed by atoms with Crippen molar-refractivity contribution in [2.24, 2.45) is 0 Å². The molecule has 0 unspecified atom stereocenters. The first-order valence-corrected chi connectivity index (χ1v) is 9.90. The Balaban J connectivity index is 1.51. The van der Waals surface area contributed by atoms with E-state index < -0.39 is 18.5 Å². The summed E-state index contributed by atoms with van der Waals surface area (Å²) in [5.74, 6) is -1.21. The molecule has 2 aromatic heterocycles. The van der Waals surface area contributed by atoms with E-state index in [0.717, 1.165) is 23.4 Å². The Morgan fingerprint density at radius 3 is 2.81 bits per heavy atom. The fourth-order valence-electron chi connectivity index (χ4n) is 2.20. The average molecular weight is 393 g/mol. The monoisotopic (exact) mass is 393 g/mol. The van der Waals surface area contributed by atoms with Crippen molar-refractivity contribution in [2.45, 2.75) is 25.8 Å². The van der Waals surface area contributed by atoms with Crippen LogP contribution in [-0.2, 0) is 14.3 Å². The second-order valence-corrected chi connectivity index (χ2v) is 7.89. The third-order valence-electron chi connectivity index (χ3n) is 3.83. The van der Waals surface area contributed by atoms with Gasteiger partial charge in [0.25, 0.3) is 5.91 Å². The number of carbonyl (C=O) groups excluding carboxylic acids is 3. The van der Waals surface area contributed by atoms with Crippen molar-refractivity contribution in [2.75, 3.05) is 20.2 Å². The van der Waals surface area contributed by atoms with Gasteiger partial charge >= 0.3 is 5.97 Å². The van der Waals surface area contributed by atoms with Crippen LogP contribution in [0.4, 0.5) is 0 Å². The summed E-state index contributed by atoms with van der Waals surface area (Å²) in [6.07, 6.45) is 1.98. The van der Waals surface area contributed by atoms with E-state index in [4.69, 9.17) is 4.74 Å². The number of aromatic nitrogens is 1. The number of thiazole rings is 1. The van der Waals surface area contributed by atoms with Gasteiger partial charge in [0, 0.05) is 24.0 Å². The molecule has 1 fully saturated rings. The molecule has 0 saturated heterocycles. The molecule has 0 aliphatic heterocycles. The first-order chi connectivity index (χ1) is 12.4. The number of ether oxygens (including phenoxy) is 1. The fraction of sp³-hybridized carbons (Fsp3) is 0.412. The first kappa shape index (κ1) is 18.5. The summed E-state index contributed by atoms with van der Waals surface area (Å²) in [5, 5.41) is 7.45. The molecule has 3 rings (SSSR count). The van der Waals surface area contributed by atoms with E-state index in [0.29, 0.717) is 10.6 Å². The van der Waals surface area contributed by atoms with Crippen molar-refractivity contribution in [1.82, 2.24) is 15.2 Å². The molecule has 9 heteroatoms. The maximum Gasteiger partial charge on any atom is 0.350 e. The number of carbonyl (C=O) groups is 3. The Morgan fingerprint density at radius 1 is 1.38 bits per heavy atom. The lowest BCUT2D eigenvalue weighted by atomic mass is 10.3. The Hall–Kier alpha value is -2.26. The van der Waals surface area contributed by atoms with Crippen LogP contribution in [0.15, 0.2) is 16.8 Å².